The molecule has 0 bridgehead atoms. The van der Waals surface area contributed by atoms with E-state index in [0.29, 0.717) is 10.5 Å². The fourth-order valence-electron chi connectivity index (χ4n) is 3.91. The van der Waals surface area contributed by atoms with Gasteiger partial charge >= 0.3 is 6.18 Å². The van der Waals surface area contributed by atoms with Gasteiger partial charge in [-0.1, -0.05) is 59.6 Å². The summed E-state index contributed by atoms with van der Waals surface area (Å²) in [5.74, 6) is -13.5. The second-order valence-corrected chi connectivity index (χ2v) is 11.2. The molecular formula is C31H18Cl2F7N3O3S. The van der Waals surface area contributed by atoms with Gasteiger partial charge in [-0.05, 0) is 48.0 Å². The third-order valence-corrected chi connectivity index (χ3v) is 7.91. The van der Waals surface area contributed by atoms with Crippen molar-refractivity contribution in [1.82, 2.24) is 5.32 Å². The Morgan fingerprint density at radius 3 is 2.06 bits per heavy atom. The topological polar surface area (TPSA) is 87.3 Å². The first kappa shape index (κ1) is 35.3. The molecule has 6 nitrogen and oxygen atoms in total. The highest BCUT2D eigenvalue weighted by atomic mass is 35.5. The first-order valence-corrected chi connectivity index (χ1v) is 14.7. The van der Waals surface area contributed by atoms with Crippen molar-refractivity contribution in [3.63, 3.8) is 0 Å². The van der Waals surface area contributed by atoms with E-state index in [0.717, 1.165) is 11.8 Å². The summed E-state index contributed by atoms with van der Waals surface area (Å²) < 4.78 is 94.6. The van der Waals surface area contributed by atoms with Crippen molar-refractivity contribution in [2.45, 2.75) is 11.1 Å². The fraction of sp³-hybridized carbons (Fsp3) is 0.0645. The van der Waals surface area contributed by atoms with E-state index >= 15 is 0 Å². The molecule has 0 atom stereocenters. The molecule has 0 fully saturated rings. The summed E-state index contributed by atoms with van der Waals surface area (Å²) in [4.78, 5) is 38.8. The lowest BCUT2D eigenvalue weighted by molar-refractivity contribution is -0.143. The number of halogens is 9. The van der Waals surface area contributed by atoms with E-state index in [1.807, 2.05) is 0 Å². The van der Waals surface area contributed by atoms with Crippen LogP contribution in [0.4, 0.5) is 42.1 Å². The van der Waals surface area contributed by atoms with Crippen molar-refractivity contribution in [1.29, 1.82) is 0 Å². The summed E-state index contributed by atoms with van der Waals surface area (Å²) in [5.41, 5.74) is -3.99. The summed E-state index contributed by atoms with van der Waals surface area (Å²) in [7, 11) is 0. The molecule has 4 rings (SSSR count). The maximum absolute atomic E-state index is 14.2. The lowest BCUT2D eigenvalue weighted by Gasteiger charge is -2.14. The summed E-state index contributed by atoms with van der Waals surface area (Å²) >= 11 is 13.1. The normalized spacial score (nSPS) is 11.6. The highest BCUT2D eigenvalue weighted by Crippen LogP contribution is 2.38. The van der Waals surface area contributed by atoms with Gasteiger partial charge < -0.3 is 16.0 Å². The predicted molar refractivity (Wildman–Crippen MR) is 164 cm³/mol. The lowest BCUT2D eigenvalue weighted by Crippen LogP contribution is -2.30. The summed E-state index contributed by atoms with van der Waals surface area (Å²) in [5, 5.41) is 6.96. The maximum atomic E-state index is 14.2. The molecule has 0 aliphatic rings. The van der Waals surface area contributed by atoms with Gasteiger partial charge in [-0.3, -0.25) is 14.4 Å². The SMILES string of the molecule is O=C(CSc1cccc(NC(=O)/C(=C\c2cccc(Cl)c2Cl)NC(=O)c2ccccc2)c1)Nc1c(F)c(F)c(C(F)(F)F)c(F)c1F. The third kappa shape index (κ3) is 8.64. The monoisotopic (exact) mass is 715 g/mol. The molecule has 0 unspecified atom stereocenters. The van der Waals surface area contributed by atoms with E-state index in [1.165, 1.54) is 53.9 Å². The van der Waals surface area contributed by atoms with Crippen LogP contribution < -0.4 is 16.0 Å². The van der Waals surface area contributed by atoms with Gasteiger partial charge in [-0.15, -0.1) is 11.8 Å². The molecule has 0 heterocycles. The second kappa shape index (κ2) is 14.9. The van der Waals surface area contributed by atoms with Crippen LogP contribution >= 0.6 is 35.0 Å². The number of nitrogens with one attached hydrogen (secondary N) is 3. The molecule has 0 spiro atoms. The third-order valence-electron chi connectivity index (χ3n) is 6.08. The Morgan fingerprint density at radius 1 is 0.787 bits per heavy atom. The molecule has 0 aliphatic heterocycles. The zero-order chi connectivity index (χ0) is 34.5. The van der Waals surface area contributed by atoms with Crippen LogP contribution in [-0.4, -0.2) is 23.5 Å². The minimum absolute atomic E-state index is 0.117. The first-order chi connectivity index (χ1) is 22.2. The Morgan fingerprint density at radius 2 is 1.43 bits per heavy atom. The number of amides is 3. The smallest absolute Gasteiger partial charge is 0.321 e. The Labute approximate surface area is 275 Å². The maximum Gasteiger partial charge on any atom is 0.422 e. The summed E-state index contributed by atoms with van der Waals surface area (Å²) in [6, 6.07) is 18.5. The molecule has 3 N–H and O–H groups in total. The average Bonchev–Trinajstić information content (AvgIpc) is 3.03. The number of rotatable bonds is 9. The highest BCUT2D eigenvalue weighted by molar-refractivity contribution is 8.00. The van der Waals surface area contributed by atoms with Crippen LogP contribution in [0.25, 0.3) is 6.08 Å². The number of alkyl halides is 3. The van der Waals surface area contributed by atoms with Gasteiger partial charge in [0.25, 0.3) is 11.8 Å². The summed E-state index contributed by atoms with van der Waals surface area (Å²) in [6.07, 6.45) is -4.43. The van der Waals surface area contributed by atoms with Crippen LogP contribution in [0.15, 0.2) is 83.4 Å². The van der Waals surface area contributed by atoms with Gasteiger partial charge in [-0.25, -0.2) is 17.6 Å². The molecule has 47 heavy (non-hydrogen) atoms. The van der Waals surface area contributed by atoms with Crippen molar-refractivity contribution >= 4 is 70.1 Å². The second-order valence-electron chi connectivity index (χ2n) is 9.34. The molecule has 16 heteroatoms. The number of benzene rings is 4. The summed E-state index contributed by atoms with van der Waals surface area (Å²) in [6.45, 7) is 0. The van der Waals surface area contributed by atoms with Crippen LogP contribution in [0.2, 0.25) is 10.0 Å². The van der Waals surface area contributed by atoms with Crippen molar-refractivity contribution in [3.8, 4) is 0 Å². The van der Waals surface area contributed by atoms with Crippen molar-refractivity contribution < 1.29 is 45.1 Å². The zero-order valence-corrected chi connectivity index (χ0v) is 25.6. The highest BCUT2D eigenvalue weighted by Gasteiger charge is 2.42. The van der Waals surface area contributed by atoms with Crippen molar-refractivity contribution in [2.75, 3.05) is 16.4 Å². The van der Waals surface area contributed by atoms with Crippen LogP contribution in [0.5, 0.6) is 0 Å². The molecule has 4 aromatic rings. The van der Waals surface area contributed by atoms with Gasteiger partial charge in [-0.2, -0.15) is 13.2 Å². The minimum Gasteiger partial charge on any atom is -0.321 e. The Balaban J connectivity index is 1.49. The number of carbonyl (C=O) groups excluding carboxylic acids is 3. The van der Waals surface area contributed by atoms with Crippen LogP contribution in [0, 0.1) is 23.3 Å². The molecule has 0 saturated heterocycles. The zero-order valence-electron chi connectivity index (χ0n) is 23.2. The number of hydrogen-bond acceptors (Lipinski definition) is 4. The van der Waals surface area contributed by atoms with Gasteiger partial charge in [0.1, 0.15) is 16.9 Å². The minimum atomic E-state index is -5.74. The number of carbonyl (C=O) groups is 3. The number of anilines is 2. The molecule has 4 aromatic carbocycles. The average molecular weight is 716 g/mol. The molecule has 3 amide bonds. The molecule has 0 aliphatic carbocycles. The van der Waals surface area contributed by atoms with E-state index in [1.54, 1.807) is 30.3 Å². The van der Waals surface area contributed by atoms with E-state index in [4.69, 9.17) is 23.2 Å². The van der Waals surface area contributed by atoms with Gasteiger partial charge in [0.05, 0.1) is 15.8 Å². The molecule has 0 saturated carbocycles. The van der Waals surface area contributed by atoms with E-state index in [-0.39, 0.29) is 27.0 Å². The van der Waals surface area contributed by atoms with Gasteiger partial charge in [0.2, 0.25) is 5.91 Å². The van der Waals surface area contributed by atoms with E-state index < -0.39 is 64.2 Å². The Hall–Kier alpha value is -4.53. The first-order valence-electron chi connectivity index (χ1n) is 13.0. The predicted octanol–water partition coefficient (Wildman–Crippen LogP) is 8.71. The van der Waals surface area contributed by atoms with Gasteiger partial charge in [0.15, 0.2) is 23.3 Å². The van der Waals surface area contributed by atoms with Crippen molar-refractivity contribution in [2.24, 2.45) is 0 Å². The molecule has 244 valence electrons. The van der Waals surface area contributed by atoms with Crippen LogP contribution in [0.3, 0.4) is 0 Å². The fourth-order valence-corrected chi connectivity index (χ4v) is 5.02. The molecule has 0 aromatic heterocycles. The Bertz CT molecular complexity index is 1860. The standard InChI is InChI=1S/C31H18Cl2F7N3O3S/c32-19-11-4-8-16(23(19)33)12-20(42-29(45)15-6-2-1-3-7-15)30(46)41-17-9-5-10-18(13-17)47-14-21(44)43-28-26(36)24(34)22(31(38,39)40)25(35)27(28)37/h1-13H,14H2,(H,41,46)(H,42,45)(H,43,44)/b20-12+. The molecular weight excluding hydrogens is 698 g/mol. The number of thioether (sulfide) groups is 1. The Kier molecular flexibility index (Phi) is 11.2. The molecule has 0 radical (unpaired) electrons. The van der Waals surface area contributed by atoms with Gasteiger partial charge in [0, 0.05) is 16.1 Å². The van der Waals surface area contributed by atoms with E-state index in [9.17, 15) is 45.1 Å². The quantitative estimate of drug-likeness (QED) is 0.0701. The van der Waals surface area contributed by atoms with Crippen LogP contribution in [0.1, 0.15) is 21.5 Å². The van der Waals surface area contributed by atoms with Crippen molar-refractivity contribution in [3.05, 3.63) is 128 Å². The lowest BCUT2D eigenvalue weighted by atomic mass is 10.1. The van der Waals surface area contributed by atoms with Crippen LogP contribution in [-0.2, 0) is 15.8 Å². The van der Waals surface area contributed by atoms with E-state index in [2.05, 4.69) is 10.6 Å². The largest absolute Gasteiger partial charge is 0.422 e. The number of hydrogen-bond donors (Lipinski definition) is 3.